The average molecular weight is 224 g/mol. The quantitative estimate of drug-likeness (QED) is 0.822. The fourth-order valence-corrected chi connectivity index (χ4v) is 2.13. The van der Waals surface area contributed by atoms with E-state index in [2.05, 4.69) is 24.1 Å². The minimum absolute atomic E-state index is 0.0596. The molecule has 0 amide bonds. The van der Waals surface area contributed by atoms with Crippen LogP contribution < -0.4 is 5.32 Å². The molecule has 4 nitrogen and oxygen atoms in total. The number of hydrogen-bond acceptors (Lipinski definition) is 4. The van der Waals surface area contributed by atoms with Crippen molar-refractivity contribution in [3.63, 3.8) is 0 Å². The second kappa shape index (κ2) is 3.86. The summed E-state index contributed by atoms with van der Waals surface area (Å²) in [6, 6.07) is 0.412. The first-order chi connectivity index (χ1) is 7.41. The predicted molar refractivity (Wildman–Crippen MR) is 61.0 cm³/mol. The molecule has 0 aromatic carbocycles. The van der Waals surface area contributed by atoms with Crippen LogP contribution in [-0.2, 0) is 0 Å². The summed E-state index contributed by atoms with van der Waals surface area (Å²) in [4.78, 5) is 4.20. The molecule has 1 fully saturated rings. The number of aryl methyl sites for hydroxylation is 1. The summed E-state index contributed by atoms with van der Waals surface area (Å²) in [7, 11) is 0. The van der Waals surface area contributed by atoms with Gasteiger partial charge >= 0.3 is 0 Å². The van der Waals surface area contributed by atoms with Gasteiger partial charge in [-0.3, -0.25) is 0 Å². The standard InChI is InChI=1S/C12H20N2O2/c1-7-6-13-11(16-7)8(2)14-9-5-10(15)12(9,3)4/h6,8-10,14-15H,5H2,1-4H3. The van der Waals surface area contributed by atoms with E-state index in [1.807, 2.05) is 13.8 Å². The lowest BCUT2D eigenvalue weighted by Crippen LogP contribution is -2.60. The van der Waals surface area contributed by atoms with Gasteiger partial charge in [0.15, 0.2) is 0 Å². The highest BCUT2D eigenvalue weighted by Gasteiger charge is 2.47. The van der Waals surface area contributed by atoms with Gasteiger partial charge in [-0.25, -0.2) is 4.98 Å². The molecular weight excluding hydrogens is 204 g/mol. The molecule has 0 bridgehead atoms. The Balaban J connectivity index is 1.96. The first kappa shape index (κ1) is 11.6. The summed E-state index contributed by atoms with van der Waals surface area (Å²) < 4.78 is 5.47. The molecule has 90 valence electrons. The lowest BCUT2D eigenvalue weighted by atomic mass is 9.64. The van der Waals surface area contributed by atoms with Gasteiger partial charge in [0.1, 0.15) is 5.76 Å². The lowest BCUT2D eigenvalue weighted by Gasteiger charge is -2.50. The molecule has 1 aromatic heterocycles. The first-order valence-corrected chi connectivity index (χ1v) is 5.77. The van der Waals surface area contributed by atoms with E-state index in [9.17, 15) is 5.11 Å². The Morgan fingerprint density at radius 2 is 2.31 bits per heavy atom. The molecule has 2 N–H and O–H groups in total. The molecule has 1 heterocycles. The minimum Gasteiger partial charge on any atom is -0.444 e. The van der Waals surface area contributed by atoms with Crippen molar-refractivity contribution in [1.29, 1.82) is 0 Å². The first-order valence-electron chi connectivity index (χ1n) is 5.77. The Hall–Kier alpha value is -0.870. The lowest BCUT2D eigenvalue weighted by molar-refractivity contribution is -0.0762. The van der Waals surface area contributed by atoms with Crippen molar-refractivity contribution >= 4 is 0 Å². The average Bonchev–Trinajstić information content (AvgIpc) is 2.64. The maximum absolute atomic E-state index is 9.65. The van der Waals surface area contributed by atoms with Crippen LogP contribution in [0.1, 0.15) is 44.9 Å². The largest absolute Gasteiger partial charge is 0.444 e. The highest BCUT2D eigenvalue weighted by molar-refractivity contribution is 5.04. The highest BCUT2D eigenvalue weighted by atomic mass is 16.4. The molecular formula is C12H20N2O2. The van der Waals surface area contributed by atoms with Gasteiger partial charge in [0.2, 0.25) is 5.89 Å². The van der Waals surface area contributed by atoms with Crippen molar-refractivity contribution in [2.24, 2.45) is 5.41 Å². The fourth-order valence-electron chi connectivity index (χ4n) is 2.13. The number of oxazole rings is 1. The molecule has 2 rings (SSSR count). The number of aliphatic hydroxyl groups excluding tert-OH is 1. The van der Waals surface area contributed by atoms with Crippen LogP contribution >= 0.6 is 0 Å². The van der Waals surface area contributed by atoms with Crippen LogP contribution in [0.5, 0.6) is 0 Å². The van der Waals surface area contributed by atoms with E-state index in [4.69, 9.17) is 4.42 Å². The summed E-state index contributed by atoms with van der Waals surface area (Å²) in [5.41, 5.74) is -0.0596. The smallest absolute Gasteiger partial charge is 0.211 e. The molecule has 0 saturated heterocycles. The summed E-state index contributed by atoms with van der Waals surface area (Å²) in [5.74, 6) is 1.55. The molecule has 0 aliphatic heterocycles. The van der Waals surface area contributed by atoms with Crippen LogP contribution in [0.2, 0.25) is 0 Å². The summed E-state index contributed by atoms with van der Waals surface area (Å²) in [5, 5.41) is 13.1. The third-order valence-corrected chi connectivity index (χ3v) is 3.68. The summed E-state index contributed by atoms with van der Waals surface area (Å²) in [6.45, 7) is 8.07. The third-order valence-electron chi connectivity index (χ3n) is 3.68. The third kappa shape index (κ3) is 1.87. The number of aromatic nitrogens is 1. The van der Waals surface area contributed by atoms with Gasteiger partial charge in [-0.1, -0.05) is 13.8 Å². The van der Waals surface area contributed by atoms with Gasteiger partial charge in [-0.2, -0.15) is 0 Å². The van der Waals surface area contributed by atoms with Gasteiger partial charge < -0.3 is 14.8 Å². The minimum atomic E-state index is -0.205. The van der Waals surface area contributed by atoms with Crippen LogP contribution in [0.25, 0.3) is 0 Å². The van der Waals surface area contributed by atoms with Gasteiger partial charge in [0.05, 0.1) is 18.3 Å². The number of nitrogens with one attached hydrogen (secondary N) is 1. The van der Waals surface area contributed by atoms with Crippen LogP contribution in [0.15, 0.2) is 10.6 Å². The molecule has 3 atom stereocenters. The van der Waals surface area contributed by atoms with Crippen molar-refractivity contribution in [2.75, 3.05) is 0 Å². The van der Waals surface area contributed by atoms with Gasteiger partial charge in [-0.15, -0.1) is 0 Å². The zero-order valence-electron chi connectivity index (χ0n) is 10.3. The van der Waals surface area contributed by atoms with Crippen molar-refractivity contribution in [3.05, 3.63) is 17.8 Å². The second-order valence-electron chi connectivity index (χ2n) is 5.32. The van der Waals surface area contributed by atoms with Crippen molar-refractivity contribution in [3.8, 4) is 0 Å². The maximum atomic E-state index is 9.65. The summed E-state index contributed by atoms with van der Waals surface area (Å²) in [6.07, 6.45) is 2.33. The SMILES string of the molecule is Cc1cnc(C(C)NC2CC(O)C2(C)C)o1. The van der Waals surface area contributed by atoms with E-state index in [-0.39, 0.29) is 17.6 Å². The Labute approximate surface area is 96.1 Å². The van der Waals surface area contributed by atoms with Gasteiger partial charge in [0, 0.05) is 11.5 Å². The molecule has 0 spiro atoms. The van der Waals surface area contributed by atoms with Crippen LogP contribution in [0.3, 0.4) is 0 Å². The normalized spacial score (nSPS) is 29.8. The monoisotopic (exact) mass is 224 g/mol. The molecule has 1 aliphatic carbocycles. The van der Waals surface area contributed by atoms with Crippen LogP contribution in [-0.4, -0.2) is 22.2 Å². The maximum Gasteiger partial charge on any atom is 0.211 e. The Bertz CT molecular complexity index is 373. The topological polar surface area (TPSA) is 58.3 Å². The molecule has 1 saturated carbocycles. The molecule has 1 aliphatic rings. The van der Waals surface area contributed by atoms with Gasteiger partial charge in [0.25, 0.3) is 0 Å². The van der Waals surface area contributed by atoms with E-state index in [1.54, 1.807) is 6.20 Å². The molecule has 0 radical (unpaired) electrons. The second-order valence-corrected chi connectivity index (χ2v) is 5.32. The summed E-state index contributed by atoms with van der Waals surface area (Å²) >= 11 is 0. The van der Waals surface area contributed by atoms with E-state index in [0.717, 1.165) is 18.1 Å². The van der Waals surface area contributed by atoms with Crippen LogP contribution in [0, 0.1) is 12.3 Å². The molecule has 16 heavy (non-hydrogen) atoms. The Kier molecular flexibility index (Phi) is 2.80. The van der Waals surface area contributed by atoms with E-state index >= 15 is 0 Å². The molecule has 4 heteroatoms. The number of aliphatic hydroxyl groups is 1. The molecule has 1 aromatic rings. The zero-order chi connectivity index (χ0) is 11.9. The Morgan fingerprint density at radius 3 is 2.75 bits per heavy atom. The van der Waals surface area contributed by atoms with Crippen molar-refractivity contribution in [1.82, 2.24) is 10.3 Å². The van der Waals surface area contributed by atoms with Gasteiger partial charge in [-0.05, 0) is 20.3 Å². The number of rotatable bonds is 3. The van der Waals surface area contributed by atoms with E-state index in [1.165, 1.54) is 0 Å². The number of hydrogen-bond donors (Lipinski definition) is 2. The highest BCUT2D eigenvalue weighted by Crippen LogP contribution is 2.41. The number of nitrogens with zero attached hydrogens (tertiary/aromatic N) is 1. The Morgan fingerprint density at radius 1 is 1.62 bits per heavy atom. The van der Waals surface area contributed by atoms with Crippen molar-refractivity contribution in [2.45, 2.75) is 52.3 Å². The zero-order valence-corrected chi connectivity index (χ0v) is 10.3. The molecule has 3 unspecified atom stereocenters. The van der Waals surface area contributed by atoms with E-state index < -0.39 is 0 Å². The van der Waals surface area contributed by atoms with Crippen molar-refractivity contribution < 1.29 is 9.52 Å². The fraction of sp³-hybridized carbons (Fsp3) is 0.750. The van der Waals surface area contributed by atoms with E-state index in [0.29, 0.717) is 6.04 Å². The predicted octanol–water partition coefficient (Wildman–Crippen LogP) is 1.79. The van der Waals surface area contributed by atoms with Crippen LogP contribution in [0.4, 0.5) is 0 Å².